The molecule has 2 nitrogen and oxygen atoms in total. The highest BCUT2D eigenvalue weighted by Crippen LogP contribution is 2.34. The molecule has 0 atom stereocenters. The van der Waals surface area contributed by atoms with Crippen molar-refractivity contribution in [2.45, 2.75) is 6.92 Å². The summed E-state index contributed by atoms with van der Waals surface area (Å²) in [6.07, 6.45) is 0. The van der Waals surface area contributed by atoms with Gasteiger partial charge in [0.05, 0.1) is 0 Å². The maximum Gasteiger partial charge on any atom is 0.248 e. The lowest BCUT2D eigenvalue weighted by Crippen LogP contribution is -2.15. The van der Waals surface area contributed by atoms with Crippen LogP contribution in [0.15, 0.2) is 122 Å². The van der Waals surface area contributed by atoms with Crippen molar-refractivity contribution in [1.29, 1.82) is 0 Å². The average molecular weight is 319 g/mol. The number of allylic oxidation sites excluding steroid dienone is 8. The van der Waals surface area contributed by atoms with Gasteiger partial charge in [0.1, 0.15) is 0 Å². The van der Waals surface area contributed by atoms with Crippen molar-refractivity contribution in [3.63, 3.8) is 0 Å². The lowest BCUT2D eigenvalue weighted by atomic mass is 9.84. The fourth-order valence-electron chi connectivity index (χ4n) is 1.68. The number of rotatable bonds is 10. The molecule has 2 heteroatoms. The van der Waals surface area contributed by atoms with Crippen LogP contribution in [0.5, 0.6) is 0 Å². The minimum Gasteiger partial charge on any atom is -0.366 e. The molecule has 0 heterocycles. The zero-order valence-corrected chi connectivity index (χ0v) is 14.6. The third-order valence-electron chi connectivity index (χ3n) is 3.73. The summed E-state index contributed by atoms with van der Waals surface area (Å²) in [5, 5.41) is 0. The number of nitrogens with two attached hydrogens (primary N) is 1. The number of carbonyl (C=O) groups excluding carboxylic acids is 1. The molecule has 1 amide bonds. The molecule has 0 aliphatic carbocycles. The number of hydrogen-bond donors (Lipinski definition) is 1. The third-order valence-corrected chi connectivity index (χ3v) is 3.73. The van der Waals surface area contributed by atoms with E-state index in [1.54, 1.807) is 0 Å². The lowest BCUT2D eigenvalue weighted by Gasteiger charge is -2.20. The molecule has 124 valence electrons. The van der Waals surface area contributed by atoms with E-state index in [0.29, 0.717) is 44.6 Å². The zero-order valence-electron chi connectivity index (χ0n) is 14.6. The molecule has 0 spiro atoms. The molecule has 0 aromatic carbocycles. The van der Waals surface area contributed by atoms with Crippen molar-refractivity contribution in [2.24, 2.45) is 5.73 Å². The topological polar surface area (TPSA) is 43.1 Å². The van der Waals surface area contributed by atoms with Crippen LogP contribution >= 0.6 is 0 Å². The van der Waals surface area contributed by atoms with Gasteiger partial charge >= 0.3 is 0 Å². The first-order chi connectivity index (χ1) is 10.8. The van der Waals surface area contributed by atoms with Crippen LogP contribution in [0.4, 0.5) is 0 Å². The molecule has 0 aliphatic heterocycles. The number of amides is 1. The highest BCUT2D eigenvalue weighted by atomic mass is 16.1. The van der Waals surface area contributed by atoms with Gasteiger partial charge in [-0.2, -0.15) is 0 Å². The van der Waals surface area contributed by atoms with Crippen molar-refractivity contribution < 1.29 is 4.79 Å². The predicted molar refractivity (Wildman–Crippen MR) is 106 cm³/mol. The van der Waals surface area contributed by atoms with E-state index >= 15 is 0 Å². The van der Waals surface area contributed by atoms with Crippen LogP contribution in [0.3, 0.4) is 0 Å². The first-order valence-electron chi connectivity index (χ1n) is 7.03. The van der Waals surface area contributed by atoms with Crippen LogP contribution in [0.1, 0.15) is 6.92 Å². The van der Waals surface area contributed by atoms with Gasteiger partial charge in [-0.1, -0.05) is 71.4 Å². The average Bonchev–Trinajstić information content (AvgIpc) is 2.55. The summed E-state index contributed by atoms with van der Waals surface area (Å²) >= 11 is 0. The first-order valence-corrected chi connectivity index (χ1v) is 7.03. The maximum atomic E-state index is 11.2. The smallest absolute Gasteiger partial charge is 0.248 e. The fraction of sp³-hybridized carbons (Fsp3) is 0.0455. The Balaban J connectivity index is 5.35. The van der Waals surface area contributed by atoms with Gasteiger partial charge in [-0.25, -0.2) is 0 Å². The van der Waals surface area contributed by atoms with Crippen molar-refractivity contribution in [3.05, 3.63) is 122 Å². The minimum absolute atomic E-state index is 0.0680. The van der Waals surface area contributed by atoms with E-state index in [2.05, 4.69) is 65.8 Å². The lowest BCUT2D eigenvalue weighted by molar-refractivity contribution is -0.114. The van der Waals surface area contributed by atoms with Crippen LogP contribution in [-0.4, -0.2) is 5.91 Å². The van der Waals surface area contributed by atoms with Crippen LogP contribution in [0.25, 0.3) is 0 Å². The summed E-state index contributed by atoms with van der Waals surface area (Å²) < 4.78 is 0. The second-order valence-electron chi connectivity index (χ2n) is 5.45. The quantitative estimate of drug-likeness (QED) is 0.444. The summed E-state index contributed by atoms with van der Waals surface area (Å²) in [4.78, 5) is 11.2. The highest BCUT2D eigenvalue weighted by Gasteiger charge is 2.18. The summed E-state index contributed by atoms with van der Waals surface area (Å²) in [5.74, 6) is -0.672. The molecule has 0 radical (unpaired) electrons. The van der Waals surface area contributed by atoms with Crippen molar-refractivity contribution in [1.82, 2.24) is 0 Å². The van der Waals surface area contributed by atoms with E-state index in [1.807, 2.05) is 6.92 Å². The van der Waals surface area contributed by atoms with Crippen molar-refractivity contribution >= 4 is 5.91 Å². The van der Waals surface area contributed by atoms with Gasteiger partial charge in [0.15, 0.2) is 0 Å². The van der Waals surface area contributed by atoms with Crippen molar-refractivity contribution in [2.75, 3.05) is 0 Å². The molecule has 0 unspecified atom stereocenters. The van der Waals surface area contributed by atoms with Gasteiger partial charge in [0, 0.05) is 5.57 Å². The Morgan fingerprint density at radius 2 is 0.708 bits per heavy atom. The second kappa shape index (κ2) is 7.93. The molecule has 0 saturated heterocycles. The molecule has 24 heavy (non-hydrogen) atoms. The molecular weight excluding hydrogens is 294 g/mol. The van der Waals surface area contributed by atoms with Gasteiger partial charge < -0.3 is 5.73 Å². The Morgan fingerprint density at radius 3 is 0.917 bits per heavy atom. The van der Waals surface area contributed by atoms with Crippen molar-refractivity contribution in [3.8, 4) is 0 Å². The van der Waals surface area contributed by atoms with E-state index in [4.69, 9.17) is 5.73 Å². The van der Waals surface area contributed by atoms with Gasteiger partial charge in [-0.15, -0.1) is 0 Å². The molecule has 0 saturated carbocycles. The normalized spacial score (nSPS) is 9.38. The molecule has 2 N–H and O–H groups in total. The predicted octanol–water partition coefficient (Wildman–Crippen LogP) is 5.05. The van der Waals surface area contributed by atoms with Gasteiger partial charge in [0.2, 0.25) is 5.91 Å². The van der Waals surface area contributed by atoms with Gasteiger partial charge in [-0.05, 0) is 51.5 Å². The summed E-state index contributed by atoms with van der Waals surface area (Å²) in [6, 6.07) is 0. The number of carbonyl (C=O) groups is 1. The molecule has 0 aromatic rings. The van der Waals surface area contributed by atoms with Gasteiger partial charge in [-0.3, -0.25) is 4.79 Å². The van der Waals surface area contributed by atoms with Crippen LogP contribution in [0, 0.1) is 0 Å². The maximum absolute atomic E-state index is 11.2. The first kappa shape index (κ1) is 20.9. The number of primary amides is 1. The molecule has 0 bridgehead atoms. The Morgan fingerprint density at radius 1 is 0.500 bits per heavy atom. The van der Waals surface area contributed by atoms with E-state index in [0.717, 1.165) is 5.57 Å². The van der Waals surface area contributed by atoms with E-state index in [1.165, 1.54) is 0 Å². The van der Waals surface area contributed by atoms with Crippen LogP contribution < -0.4 is 5.73 Å². The molecule has 0 rings (SSSR count). The summed E-state index contributed by atoms with van der Waals surface area (Å²) in [6.45, 7) is 40.7. The summed E-state index contributed by atoms with van der Waals surface area (Å²) in [5.41, 5.74) is 10.1. The molecule has 0 fully saturated rings. The van der Waals surface area contributed by atoms with E-state index in [9.17, 15) is 4.79 Å². The Bertz CT molecular complexity index is 702. The highest BCUT2D eigenvalue weighted by molar-refractivity contribution is 5.97. The Hall–Kier alpha value is -3.13. The second-order valence-corrected chi connectivity index (χ2v) is 5.45. The largest absolute Gasteiger partial charge is 0.366 e. The zero-order chi connectivity index (χ0) is 19.4. The molecule has 0 aromatic heterocycles. The molecular formula is C22H25NO. The third kappa shape index (κ3) is 4.43. The standard InChI is InChI=1S/C22H25NO/c1-12(2)13(3)14(4)15(5)16(6)17(7)18(8)19(9)20(10)21(11)22(23)24/h1,3-11H2,2H3,(H2,23,24). The number of hydrogen-bond acceptors (Lipinski definition) is 1. The minimum atomic E-state index is -0.672. The van der Waals surface area contributed by atoms with E-state index in [-0.39, 0.29) is 5.57 Å². The Kier molecular flexibility index (Phi) is 6.90. The Labute approximate surface area is 145 Å². The fourth-order valence-corrected chi connectivity index (χ4v) is 1.68. The van der Waals surface area contributed by atoms with Gasteiger partial charge in [0.25, 0.3) is 0 Å². The SMILES string of the molecule is C=C(C)C(=C)C(=C)C(=C)C(=C)C(=C)C(=C)C(=C)C(=C)C(=C)C(N)=O. The monoisotopic (exact) mass is 319 g/mol. The van der Waals surface area contributed by atoms with Crippen LogP contribution in [-0.2, 0) is 4.79 Å². The summed E-state index contributed by atoms with van der Waals surface area (Å²) in [7, 11) is 0. The molecule has 0 aliphatic rings. The van der Waals surface area contributed by atoms with E-state index < -0.39 is 5.91 Å². The van der Waals surface area contributed by atoms with Crippen LogP contribution in [0.2, 0.25) is 0 Å².